The second kappa shape index (κ2) is 7.59. The van der Waals surface area contributed by atoms with E-state index in [9.17, 15) is 9.59 Å². The molecule has 0 bridgehead atoms. The van der Waals surface area contributed by atoms with E-state index in [4.69, 9.17) is 4.74 Å². The van der Waals surface area contributed by atoms with Crippen LogP contribution in [0.15, 0.2) is 28.7 Å². The van der Waals surface area contributed by atoms with Gasteiger partial charge in [-0.2, -0.15) is 0 Å². The summed E-state index contributed by atoms with van der Waals surface area (Å²) in [6.45, 7) is 0. The highest BCUT2D eigenvalue weighted by Gasteiger charge is 2.31. The van der Waals surface area contributed by atoms with Gasteiger partial charge in [0.15, 0.2) is 0 Å². The summed E-state index contributed by atoms with van der Waals surface area (Å²) < 4.78 is 5.70. The van der Waals surface area contributed by atoms with Gasteiger partial charge in [-0.15, -0.1) is 0 Å². The van der Waals surface area contributed by atoms with E-state index >= 15 is 0 Å². The van der Waals surface area contributed by atoms with Crippen molar-refractivity contribution in [3.05, 3.63) is 34.3 Å². The van der Waals surface area contributed by atoms with Crippen LogP contribution in [0.25, 0.3) is 0 Å². The Balaban J connectivity index is 2.10. The SMILES string of the molecule is COC(=O)[C@H](NC(=O)c1cccc(Br)c1)C1CCCCC1. The smallest absolute Gasteiger partial charge is 0.328 e. The molecule has 21 heavy (non-hydrogen) atoms. The van der Waals surface area contributed by atoms with Gasteiger partial charge in [0.1, 0.15) is 6.04 Å². The largest absolute Gasteiger partial charge is 0.467 e. The van der Waals surface area contributed by atoms with Crippen molar-refractivity contribution < 1.29 is 14.3 Å². The molecule has 2 rings (SSSR count). The molecule has 0 heterocycles. The Morgan fingerprint density at radius 3 is 2.62 bits per heavy atom. The van der Waals surface area contributed by atoms with Crippen LogP contribution in [0.2, 0.25) is 0 Å². The van der Waals surface area contributed by atoms with Gasteiger partial charge in [0.2, 0.25) is 0 Å². The van der Waals surface area contributed by atoms with E-state index in [1.165, 1.54) is 13.5 Å². The molecule has 1 amide bonds. The Kier molecular flexibility index (Phi) is 5.79. The topological polar surface area (TPSA) is 55.4 Å². The van der Waals surface area contributed by atoms with Crippen molar-refractivity contribution in [3.63, 3.8) is 0 Å². The Bertz CT molecular complexity index is 512. The van der Waals surface area contributed by atoms with E-state index in [-0.39, 0.29) is 17.8 Å². The van der Waals surface area contributed by atoms with Crippen LogP contribution in [0.3, 0.4) is 0 Å². The van der Waals surface area contributed by atoms with Gasteiger partial charge in [-0.05, 0) is 37.0 Å². The Hall–Kier alpha value is -1.36. The number of methoxy groups -OCH3 is 1. The van der Waals surface area contributed by atoms with Crippen molar-refractivity contribution in [3.8, 4) is 0 Å². The lowest BCUT2D eigenvalue weighted by Crippen LogP contribution is -2.47. The molecule has 1 aromatic rings. The maximum atomic E-state index is 12.3. The predicted octanol–water partition coefficient (Wildman–Crippen LogP) is 3.30. The molecule has 1 aromatic carbocycles. The Morgan fingerprint density at radius 2 is 2.00 bits per heavy atom. The van der Waals surface area contributed by atoms with Gasteiger partial charge >= 0.3 is 5.97 Å². The maximum absolute atomic E-state index is 12.3. The number of nitrogens with one attached hydrogen (secondary N) is 1. The minimum absolute atomic E-state index is 0.169. The fraction of sp³-hybridized carbons (Fsp3) is 0.500. The first kappa shape index (κ1) is 16.0. The standard InChI is InChI=1S/C16H20BrNO3/c1-21-16(20)14(11-6-3-2-4-7-11)18-15(19)12-8-5-9-13(17)10-12/h5,8-11,14H,2-4,6-7H2,1H3,(H,18,19)/t14-/m1/s1. The molecule has 114 valence electrons. The molecule has 1 saturated carbocycles. The van der Waals surface area contributed by atoms with Crippen molar-refractivity contribution in [2.24, 2.45) is 5.92 Å². The first-order valence-electron chi connectivity index (χ1n) is 7.26. The maximum Gasteiger partial charge on any atom is 0.328 e. The van der Waals surface area contributed by atoms with Crippen LogP contribution in [-0.2, 0) is 9.53 Å². The van der Waals surface area contributed by atoms with Crippen LogP contribution in [0, 0.1) is 5.92 Å². The van der Waals surface area contributed by atoms with Crippen molar-refractivity contribution in [1.29, 1.82) is 0 Å². The van der Waals surface area contributed by atoms with Crippen molar-refractivity contribution in [2.45, 2.75) is 38.1 Å². The van der Waals surface area contributed by atoms with Gasteiger partial charge < -0.3 is 10.1 Å². The second-order valence-corrected chi connectivity index (χ2v) is 6.30. The highest BCUT2D eigenvalue weighted by atomic mass is 79.9. The highest BCUT2D eigenvalue weighted by Crippen LogP contribution is 2.27. The number of carbonyl (C=O) groups excluding carboxylic acids is 2. The fourth-order valence-corrected chi connectivity index (χ4v) is 3.22. The lowest BCUT2D eigenvalue weighted by molar-refractivity contribution is -0.144. The number of carbonyl (C=O) groups is 2. The van der Waals surface area contributed by atoms with E-state index in [0.717, 1.165) is 30.2 Å². The summed E-state index contributed by atoms with van der Waals surface area (Å²) in [5.41, 5.74) is 0.536. The van der Waals surface area contributed by atoms with Crippen LogP contribution in [0.5, 0.6) is 0 Å². The molecule has 5 heteroatoms. The molecule has 1 aliphatic carbocycles. The average molecular weight is 354 g/mol. The van der Waals surface area contributed by atoms with Crippen LogP contribution in [0.4, 0.5) is 0 Å². The number of benzene rings is 1. The Morgan fingerprint density at radius 1 is 1.29 bits per heavy atom. The van der Waals surface area contributed by atoms with Gasteiger partial charge in [0, 0.05) is 10.0 Å². The number of rotatable bonds is 4. The van der Waals surface area contributed by atoms with Gasteiger partial charge in [0.25, 0.3) is 5.91 Å². The molecule has 0 radical (unpaired) electrons. The van der Waals surface area contributed by atoms with Crippen molar-refractivity contribution in [2.75, 3.05) is 7.11 Å². The van der Waals surface area contributed by atoms with Gasteiger partial charge in [-0.1, -0.05) is 41.3 Å². The number of ether oxygens (including phenoxy) is 1. The van der Waals surface area contributed by atoms with Crippen molar-refractivity contribution in [1.82, 2.24) is 5.32 Å². The quantitative estimate of drug-likeness (QED) is 0.844. The summed E-state index contributed by atoms with van der Waals surface area (Å²) in [4.78, 5) is 24.3. The molecule has 1 aliphatic rings. The summed E-state index contributed by atoms with van der Waals surface area (Å²) >= 11 is 3.34. The number of hydrogen-bond donors (Lipinski definition) is 1. The molecule has 1 N–H and O–H groups in total. The van der Waals surface area contributed by atoms with Crippen LogP contribution in [0.1, 0.15) is 42.5 Å². The summed E-state index contributed by atoms with van der Waals surface area (Å²) in [6.07, 6.45) is 5.32. The number of hydrogen-bond acceptors (Lipinski definition) is 3. The molecule has 0 saturated heterocycles. The first-order chi connectivity index (χ1) is 10.1. The molecule has 1 fully saturated rings. The molecule has 0 aliphatic heterocycles. The van der Waals surface area contributed by atoms with E-state index in [1.807, 2.05) is 6.07 Å². The minimum atomic E-state index is -0.554. The molecule has 0 unspecified atom stereocenters. The third kappa shape index (κ3) is 4.30. The van der Waals surface area contributed by atoms with E-state index in [2.05, 4.69) is 21.2 Å². The monoisotopic (exact) mass is 353 g/mol. The lowest BCUT2D eigenvalue weighted by atomic mass is 9.83. The predicted molar refractivity (Wildman–Crippen MR) is 84.0 cm³/mol. The van der Waals surface area contributed by atoms with Gasteiger partial charge in [0.05, 0.1) is 7.11 Å². The number of esters is 1. The van der Waals surface area contributed by atoms with Crippen LogP contribution >= 0.6 is 15.9 Å². The van der Waals surface area contributed by atoms with E-state index in [1.54, 1.807) is 18.2 Å². The molecule has 0 aromatic heterocycles. The Labute approximate surface area is 133 Å². The summed E-state index contributed by atoms with van der Waals surface area (Å²) in [6, 6.07) is 6.57. The molecule has 4 nitrogen and oxygen atoms in total. The molecular weight excluding hydrogens is 334 g/mol. The molecule has 0 spiro atoms. The molecular formula is C16H20BrNO3. The summed E-state index contributed by atoms with van der Waals surface area (Å²) in [5, 5.41) is 2.85. The fourth-order valence-electron chi connectivity index (χ4n) is 2.82. The summed E-state index contributed by atoms with van der Waals surface area (Å²) in [5.74, 6) is -0.426. The van der Waals surface area contributed by atoms with E-state index in [0.29, 0.717) is 5.56 Å². The highest BCUT2D eigenvalue weighted by molar-refractivity contribution is 9.10. The average Bonchev–Trinajstić information content (AvgIpc) is 2.52. The van der Waals surface area contributed by atoms with Crippen LogP contribution in [-0.4, -0.2) is 25.0 Å². The summed E-state index contributed by atoms with van der Waals surface area (Å²) in [7, 11) is 1.36. The third-order valence-electron chi connectivity index (χ3n) is 3.95. The van der Waals surface area contributed by atoms with E-state index < -0.39 is 6.04 Å². The lowest BCUT2D eigenvalue weighted by Gasteiger charge is -2.29. The minimum Gasteiger partial charge on any atom is -0.467 e. The first-order valence-corrected chi connectivity index (χ1v) is 8.05. The third-order valence-corrected chi connectivity index (χ3v) is 4.44. The zero-order chi connectivity index (χ0) is 15.2. The normalized spacial score (nSPS) is 17.0. The van der Waals surface area contributed by atoms with Gasteiger partial charge in [-0.3, -0.25) is 4.79 Å². The van der Waals surface area contributed by atoms with Crippen molar-refractivity contribution >= 4 is 27.8 Å². The zero-order valence-corrected chi connectivity index (χ0v) is 13.7. The van der Waals surface area contributed by atoms with Gasteiger partial charge in [-0.25, -0.2) is 4.79 Å². The zero-order valence-electron chi connectivity index (χ0n) is 12.1. The molecule has 1 atom stereocenters. The number of halogens is 1. The number of amides is 1. The second-order valence-electron chi connectivity index (χ2n) is 5.38. The van der Waals surface area contributed by atoms with Crippen LogP contribution < -0.4 is 5.32 Å².